The van der Waals surface area contributed by atoms with Gasteiger partial charge in [0.05, 0.1) is 6.21 Å². The van der Waals surface area contributed by atoms with Crippen LogP contribution in [-0.4, -0.2) is 13.3 Å². The zero-order valence-corrected chi connectivity index (χ0v) is 10.6. The second kappa shape index (κ2) is 6.54. The maximum Gasteiger partial charge on any atom is 0.129 e. The van der Waals surface area contributed by atoms with Crippen molar-refractivity contribution < 1.29 is 9.13 Å². The number of benzene rings is 2. The summed E-state index contributed by atoms with van der Waals surface area (Å²) >= 11 is 0. The number of hydrogen-bond donors (Lipinski definition) is 1. The third kappa shape index (κ3) is 3.81. The molecule has 3 nitrogen and oxygen atoms in total. The van der Waals surface area contributed by atoms with Crippen molar-refractivity contribution in [3.8, 4) is 5.75 Å². The zero-order chi connectivity index (χ0) is 13.5. The summed E-state index contributed by atoms with van der Waals surface area (Å²) in [6, 6.07) is 14.0. The number of rotatable bonds is 5. The van der Waals surface area contributed by atoms with Crippen molar-refractivity contribution in [2.45, 2.75) is 6.61 Å². The molecule has 0 heterocycles. The number of halogens is 1. The Balaban J connectivity index is 1.97. The first-order valence-electron chi connectivity index (χ1n) is 5.95. The highest BCUT2D eigenvalue weighted by Gasteiger charge is 2.01. The van der Waals surface area contributed by atoms with Gasteiger partial charge in [0, 0.05) is 12.6 Å². The smallest absolute Gasteiger partial charge is 0.129 e. The fraction of sp³-hybridized carbons (Fsp3) is 0.133. The van der Waals surface area contributed by atoms with Gasteiger partial charge in [-0.25, -0.2) is 4.39 Å². The Morgan fingerprint density at radius 1 is 1.16 bits per heavy atom. The molecule has 0 aliphatic heterocycles. The molecule has 0 bridgehead atoms. The van der Waals surface area contributed by atoms with Crippen LogP contribution in [-0.2, 0) is 6.61 Å². The monoisotopic (exact) mass is 258 g/mol. The first-order chi connectivity index (χ1) is 9.29. The molecule has 0 unspecified atom stereocenters. The van der Waals surface area contributed by atoms with E-state index in [9.17, 15) is 4.39 Å². The SMILES string of the molecule is CN/N=C/c1ccc(OCc2ccccc2F)cc1. The molecule has 0 radical (unpaired) electrons. The van der Waals surface area contributed by atoms with E-state index in [0.29, 0.717) is 11.3 Å². The lowest BCUT2D eigenvalue weighted by molar-refractivity contribution is 0.300. The molecule has 2 rings (SSSR count). The van der Waals surface area contributed by atoms with Gasteiger partial charge in [-0.1, -0.05) is 18.2 Å². The summed E-state index contributed by atoms with van der Waals surface area (Å²) in [5.41, 5.74) is 4.19. The molecule has 0 aliphatic carbocycles. The van der Waals surface area contributed by atoms with E-state index >= 15 is 0 Å². The Hall–Kier alpha value is -2.36. The molecule has 0 saturated heterocycles. The van der Waals surface area contributed by atoms with Gasteiger partial charge in [0.1, 0.15) is 18.2 Å². The van der Waals surface area contributed by atoms with E-state index in [0.717, 1.165) is 5.56 Å². The molecule has 0 saturated carbocycles. The van der Waals surface area contributed by atoms with Crippen LogP contribution in [0.15, 0.2) is 53.6 Å². The van der Waals surface area contributed by atoms with Crippen LogP contribution in [0.3, 0.4) is 0 Å². The third-order valence-corrected chi connectivity index (χ3v) is 2.57. The molecule has 2 aromatic carbocycles. The van der Waals surface area contributed by atoms with E-state index in [4.69, 9.17) is 4.74 Å². The Morgan fingerprint density at radius 3 is 2.58 bits per heavy atom. The molecule has 98 valence electrons. The minimum atomic E-state index is -0.250. The summed E-state index contributed by atoms with van der Waals surface area (Å²) in [7, 11) is 1.74. The maximum atomic E-state index is 13.4. The van der Waals surface area contributed by atoms with Gasteiger partial charge >= 0.3 is 0 Å². The molecule has 0 fully saturated rings. The van der Waals surface area contributed by atoms with Gasteiger partial charge in [-0.05, 0) is 35.9 Å². The van der Waals surface area contributed by atoms with Crippen LogP contribution < -0.4 is 10.2 Å². The lowest BCUT2D eigenvalue weighted by Gasteiger charge is -2.07. The zero-order valence-electron chi connectivity index (χ0n) is 10.6. The molecule has 0 atom stereocenters. The highest BCUT2D eigenvalue weighted by Crippen LogP contribution is 2.14. The number of ether oxygens (including phenoxy) is 1. The van der Waals surface area contributed by atoms with Crippen molar-refractivity contribution in [3.05, 3.63) is 65.5 Å². The summed E-state index contributed by atoms with van der Waals surface area (Å²) < 4.78 is 18.9. The molecule has 2 aromatic rings. The first kappa shape index (κ1) is 13.1. The average Bonchev–Trinajstić information content (AvgIpc) is 2.45. The van der Waals surface area contributed by atoms with E-state index in [1.807, 2.05) is 24.3 Å². The molecular weight excluding hydrogens is 243 g/mol. The standard InChI is InChI=1S/C15H15FN2O/c1-17-18-10-12-6-8-14(9-7-12)19-11-13-4-2-3-5-15(13)16/h2-10,17H,11H2,1H3/b18-10+. The van der Waals surface area contributed by atoms with Gasteiger partial charge in [0.25, 0.3) is 0 Å². The minimum absolute atomic E-state index is 0.219. The molecule has 4 heteroatoms. The van der Waals surface area contributed by atoms with Gasteiger partial charge in [0.15, 0.2) is 0 Å². The van der Waals surface area contributed by atoms with Crippen LogP contribution in [0.1, 0.15) is 11.1 Å². The second-order valence-corrected chi connectivity index (χ2v) is 3.93. The molecule has 19 heavy (non-hydrogen) atoms. The molecule has 0 aromatic heterocycles. The number of hydrazone groups is 1. The number of nitrogens with zero attached hydrogens (tertiary/aromatic N) is 1. The number of hydrogen-bond acceptors (Lipinski definition) is 3. The van der Waals surface area contributed by atoms with Crippen LogP contribution in [0.25, 0.3) is 0 Å². The van der Waals surface area contributed by atoms with E-state index in [-0.39, 0.29) is 12.4 Å². The van der Waals surface area contributed by atoms with Crippen LogP contribution in [0.2, 0.25) is 0 Å². The van der Waals surface area contributed by atoms with Gasteiger partial charge in [-0.3, -0.25) is 0 Å². The van der Waals surface area contributed by atoms with Crippen LogP contribution in [0.4, 0.5) is 4.39 Å². The number of nitrogens with one attached hydrogen (secondary N) is 1. The Labute approximate surface area is 111 Å². The predicted molar refractivity (Wildman–Crippen MR) is 73.8 cm³/mol. The molecular formula is C15H15FN2O. The second-order valence-electron chi connectivity index (χ2n) is 3.93. The lowest BCUT2D eigenvalue weighted by atomic mass is 10.2. The van der Waals surface area contributed by atoms with Crippen molar-refractivity contribution in [2.24, 2.45) is 5.10 Å². The Kier molecular flexibility index (Phi) is 4.50. The van der Waals surface area contributed by atoms with Crippen molar-refractivity contribution in [2.75, 3.05) is 7.05 Å². The van der Waals surface area contributed by atoms with E-state index in [1.54, 1.807) is 31.5 Å². The largest absolute Gasteiger partial charge is 0.489 e. The molecule has 0 amide bonds. The normalized spacial score (nSPS) is 10.6. The highest BCUT2D eigenvalue weighted by molar-refractivity contribution is 5.79. The molecule has 0 spiro atoms. The summed E-state index contributed by atoms with van der Waals surface area (Å²) in [4.78, 5) is 0. The van der Waals surface area contributed by atoms with Gasteiger partial charge < -0.3 is 10.2 Å². The summed E-state index contributed by atoms with van der Waals surface area (Å²) in [6.07, 6.45) is 1.71. The summed E-state index contributed by atoms with van der Waals surface area (Å²) in [5.74, 6) is 0.449. The third-order valence-electron chi connectivity index (χ3n) is 2.57. The van der Waals surface area contributed by atoms with Gasteiger partial charge in [-0.15, -0.1) is 0 Å². The van der Waals surface area contributed by atoms with E-state index < -0.39 is 0 Å². The maximum absolute atomic E-state index is 13.4. The van der Waals surface area contributed by atoms with E-state index in [1.165, 1.54) is 6.07 Å². The first-order valence-corrected chi connectivity index (χ1v) is 5.95. The van der Waals surface area contributed by atoms with Crippen LogP contribution in [0, 0.1) is 5.82 Å². The Morgan fingerprint density at radius 2 is 1.89 bits per heavy atom. The molecule has 0 aliphatic rings. The van der Waals surface area contributed by atoms with Gasteiger partial charge in [-0.2, -0.15) is 5.10 Å². The lowest BCUT2D eigenvalue weighted by Crippen LogP contribution is -1.98. The predicted octanol–water partition coefficient (Wildman–Crippen LogP) is 2.96. The Bertz CT molecular complexity index is 552. The van der Waals surface area contributed by atoms with Crippen molar-refractivity contribution in [3.63, 3.8) is 0 Å². The topological polar surface area (TPSA) is 33.6 Å². The van der Waals surface area contributed by atoms with E-state index in [2.05, 4.69) is 10.5 Å². The fourth-order valence-corrected chi connectivity index (χ4v) is 1.57. The van der Waals surface area contributed by atoms with Crippen molar-refractivity contribution >= 4 is 6.21 Å². The molecule has 1 N–H and O–H groups in total. The van der Waals surface area contributed by atoms with Crippen LogP contribution >= 0.6 is 0 Å². The van der Waals surface area contributed by atoms with Crippen molar-refractivity contribution in [1.29, 1.82) is 0 Å². The average molecular weight is 258 g/mol. The van der Waals surface area contributed by atoms with Crippen LogP contribution in [0.5, 0.6) is 5.75 Å². The highest BCUT2D eigenvalue weighted by atomic mass is 19.1. The summed E-state index contributed by atoms with van der Waals surface area (Å²) in [6.45, 7) is 0.219. The minimum Gasteiger partial charge on any atom is -0.489 e. The quantitative estimate of drug-likeness (QED) is 0.660. The fourth-order valence-electron chi connectivity index (χ4n) is 1.57. The van der Waals surface area contributed by atoms with Gasteiger partial charge in [0.2, 0.25) is 0 Å². The summed E-state index contributed by atoms with van der Waals surface area (Å²) in [5, 5.41) is 3.91. The van der Waals surface area contributed by atoms with Crippen molar-refractivity contribution in [1.82, 2.24) is 5.43 Å².